The summed E-state index contributed by atoms with van der Waals surface area (Å²) in [6, 6.07) is 0. The molecule has 0 bridgehead atoms. The van der Waals surface area contributed by atoms with Crippen LogP contribution in [0.3, 0.4) is 0 Å². The lowest BCUT2D eigenvalue weighted by Gasteiger charge is -1.99. The number of carbonyl (C=O) groups excluding carboxylic acids is 1. The predicted molar refractivity (Wildman–Crippen MR) is 38.1 cm³/mol. The van der Waals surface area contributed by atoms with Crippen LogP contribution in [0.1, 0.15) is 6.42 Å². The Morgan fingerprint density at radius 2 is 2.30 bits per heavy atom. The van der Waals surface area contributed by atoms with Crippen LogP contribution in [0.5, 0.6) is 0 Å². The highest BCUT2D eigenvalue weighted by molar-refractivity contribution is 6.17. The summed E-state index contributed by atoms with van der Waals surface area (Å²) in [5.74, 6) is -0.926. The van der Waals surface area contributed by atoms with Gasteiger partial charge < -0.3 is 9.84 Å². The lowest BCUT2D eigenvalue weighted by Crippen LogP contribution is -2.07. The van der Waals surface area contributed by atoms with Crippen LogP contribution in [-0.2, 0) is 9.53 Å². The second-order valence-electron chi connectivity index (χ2n) is 1.63. The normalized spacial score (nSPS) is 8.90. The first-order valence-corrected chi connectivity index (χ1v) is 3.33. The lowest BCUT2D eigenvalue weighted by atomic mass is 10.5. The summed E-state index contributed by atoms with van der Waals surface area (Å²) < 4.78 is 4.47. The molecule has 0 saturated heterocycles. The van der Waals surface area contributed by atoms with Gasteiger partial charge >= 0.3 is 5.97 Å². The molecule has 0 aliphatic carbocycles. The number of alkyl halides is 1. The molecule has 0 heterocycles. The van der Waals surface area contributed by atoms with Crippen LogP contribution in [0.4, 0.5) is 0 Å². The van der Waals surface area contributed by atoms with E-state index in [4.69, 9.17) is 16.7 Å². The van der Waals surface area contributed by atoms with E-state index in [0.29, 0.717) is 12.3 Å². The first-order valence-electron chi connectivity index (χ1n) is 2.79. The van der Waals surface area contributed by atoms with Crippen LogP contribution < -0.4 is 0 Å². The maximum absolute atomic E-state index is 10.4. The van der Waals surface area contributed by atoms with Gasteiger partial charge in [0.2, 0.25) is 0 Å². The predicted octanol–water partition coefficient (Wildman–Crippen LogP) is 1.23. The summed E-state index contributed by atoms with van der Waals surface area (Å²) in [6.45, 7) is 3.21. The number of aliphatic hydroxyl groups is 1. The third kappa shape index (κ3) is 4.21. The molecule has 1 N–H and O–H groups in total. The maximum Gasteiger partial charge on any atom is 0.372 e. The van der Waals surface area contributed by atoms with Gasteiger partial charge in [0.15, 0.2) is 5.76 Å². The van der Waals surface area contributed by atoms with Gasteiger partial charge in [-0.1, -0.05) is 0 Å². The van der Waals surface area contributed by atoms with E-state index in [1.54, 1.807) is 0 Å². The van der Waals surface area contributed by atoms with Gasteiger partial charge in [0, 0.05) is 5.88 Å². The Morgan fingerprint density at radius 1 is 1.70 bits per heavy atom. The number of esters is 1. The van der Waals surface area contributed by atoms with E-state index in [1.807, 2.05) is 0 Å². The number of rotatable bonds is 4. The third-order valence-electron chi connectivity index (χ3n) is 0.747. The number of hydrogen-bond donors (Lipinski definition) is 1. The van der Waals surface area contributed by atoms with Gasteiger partial charge in [0.25, 0.3) is 0 Å². The van der Waals surface area contributed by atoms with Crippen molar-refractivity contribution in [2.24, 2.45) is 0 Å². The van der Waals surface area contributed by atoms with Crippen molar-refractivity contribution in [1.82, 2.24) is 0 Å². The van der Waals surface area contributed by atoms with Crippen LogP contribution in [-0.4, -0.2) is 23.6 Å². The Balaban J connectivity index is 3.31. The monoisotopic (exact) mass is 164 g/mol. The fourth-order valence-electron chi connectivity index (χ4n) is 0.303. The summed E-state index contributed by atoms with van der Waals surface area (Å²) in [7, 11) is 0. The van der Waals surface area contributed by atoms with E-state index >= 15 is 0 Å². The average Bonchev–Trinajstić information content (AvgIpc) is 1.88. The minimum atomic E-state index is -0.787. The van der Waals surface area contributed by atoms with Crippen molar-refractivity contribution >= 4 is 17.6 Å². The Bertz CT molecular complexity index is 133. The standard InChI is InChI=1S/C6H9ClO3/c1-5(8)6(9)10-4-2-3-7/h8H,1-4H2. The third-order valence-corrected chi connectivity index (χ3v) is 1.01. The van der Waals surface area contributed by atoms with Crippen molar-refractivity contribution in [1.29, 1.82) is 0 Å². The molecule has 0 unspecified atom stereocenters. The summed E-state index contributed by atoms with van der Waals surface area (Å²) in [4.78, 5) is 10.4. The first kappa shape index (κ1) is 9.30. The fraction of sp³-hybridized carbons (Fsp3) is 0.500. The molecule has 0 aromatic heterocycles. The number of hydrogen-bond acceptors (Lipinski definition) is 3. The van der Waals surface area contributed by atoms with Crippen molar-refractivity contribution in [3.05, 3.63) is 12.3 Å². The summed E-state index contributed by atoms with van der Waals surface area (Å²) in [5.41, 5.74) is 0. The largest absolute Gasteiger partial charge is 0.502 e. The van der Waals surface area contributed by atoms with E-state index in [0.717, 1.165) is 0 Å². The molecule has 0 spiro atoms. The Morgan fingerprint density at radius 3 is 2.70 bits per heavy atom. The van der Waals surface area contributed by atoms with Crippen molar-refractivity contribution in [2.45, 2.75) is 6.42 Å². The number of aliphatic hydroxyl groups excluding tert-OH is 1. The molecule has 0 aliphatic heterocycles. The molecule has 0 saturated carbocycles. The van der Waals surface area contributed by atoms with Gasteiger partial charge in [-0.25, -0.2) is 4.79 Å². The number of ether oxygens (including phenoxy) is 1. The van der Waals surface area contributed by atoms with Crippen molar-refractivity contribution < 1.29 is 14.6 Å². The van der Waals surface area contributed by atoms with Gasteiger partial charge in [-0.15, -0.1) is 11.6 Å². The molecule has 3 nitrogen and oxygen atoms in total. The molecular weight excluding hydrogens is 156 g/mol. The molecule has 0 amide bonds. The minimum absolute atomic E-state index is 0.224. The van der Waals surface area contributed by atoms with Crippen LogP contribution in [0, 0.1) is 0 Å². The minimum Gasteiger partial charge on any atom is -0.502 e. The van der Waals surface area contributed by atoms with E-state index in [9.17, 15) is 4.79 Å². The molecule has 0 aromatic rings. The maximum atomic E-state index is 10.4. The molecule has 0 aliphatic rings. The zero-order valence-electron chi connectivity index (χ0n) is 5.47. The molecule has 0 atom stereocenters. The lowest BCUT2D eigenvalue weighted by molar-refractivity contribution is -0.141. The SMILES string of the molecule is C=C(O)C(=O)OCCCCl. The molecular formula is C6H9ClO3. The molecule has 0 rings (SSSR count). The average molecular weight is 165 g/mol. The Hall–Kier alpha value is -0.700. The quantitative estimate of drug-likeness (QED) is 0.224. The highest BCUT2D eigenvalue weighted by Crippen LogP contribution is 1.91. The molecule has 58 valence electrons. The zero-order chi connectivity index (χ0) is 7.98. The van der Waals surface area contributed by atoms with Crippen LogP contribution in [0.15, 0.2) is 12.3 Å². The Labute approximate surface area is 64.2 Å². The Kier molecular flexibility index (Phi) is 4.76. The second-order valence-corrected chi connectivity index (χ2v) is 2.00. The fourth-order valence-corrected chi connectivity index (χ4v) is 0.412. The van der Waals surface area contributed by atoms with Crippen molar-refractivity contribution in [2.75, 3.05) is 12.5 Å². The number of carbonyl (C=O) groups is 1. The first-order chi connectivity index (χ1) is 4.68. The van der Waals surface area contributed by atoms with E-state index in [-0.39, 0.29) is 6.61 Å². The van der Waals surface area contributed by atoms with Gasteiger partial charge in [-0.2, -0.15) is 0 Å². The van der Waals surface area contributed by atoms with Crippen molar-refractivity contribution in [3.63, 3.8) is 0 Å². The zero-order valence-corrected chi connectivity index (χ0v) is 6.23. The van der Waals surface area contributed by atoms with Crippen LogP contribution >= 0.6 is 11.6 Å². The number of halogens is 1. The van der Waals surface area contributed by atoms with E-state index in [2.05, 4.69) is 11.3 Å². The molecule has 10 heavy (non-hydrogen) atoms. The van der Waals surface area contributed by atoms with E-state index in [1.165, 1.54) is 0 Å². The molecule has 0 radical (unpaired) electrons. The molecule has 0 aromatic carbocycles. The van der Waals surface area contributed by atoms with Crippen LogP contribution in [0.25, 0.3) is 0 Å². The summed E-state index contributed by atoms with van der Waals surface area (Å²) in [5, 5.41) is 8.42. The molecule has 4 heteroatoms. The summed E-state index contributed by atoms with van der Waals surface area (Å²) in [6.07, 6.45) is 0.584. The van der Waals surface area contributed by atoms with Gasteiger partial charge in [-0.05, 0) is 13.0 Å². The topological polar surface area (TPSA) is 46.5 Å². The van der Waals surface area contributed by atoms with Gasteiger partial charge in [0.1, 0.15) is 0 Å². The second kappa shape index (κ2) is 5.11. The highest BCUT2D eigenvalue weighted by atomic mass is 35.5. The molecule has 0 fully saturated rings. The van der Waals surface area contributed by atoms with Crippen molar-refractivity contribution in [3.8, 4) is 0 Å². The highest BCUT2D eigenvalue weighted by Gasteiger charge is 2.03. The summed E-state index contributed by atoms with van der Waals surface area (Å²) >= 11 is 5.29. The smallest absolute Gasteiger partial charge is 0.372 e. The van der Waals surface area contributed by atoms with Gasteiger partial charge in [0.05, 0.1) is 6.61 Å². The van der Waals surface area contributed by atoms with Gasteiger partial charge in [-0.3, -0.25) is 0 Å². The van der Waals surface area contributed by atoms with E-state index < -0.39 is 11.7 Å². The van der Waals surface area contributed by atoms with Crippen LogP contribution in [0.2, 0.25) is 0 Å².